The van der Waals surface area contributed by atoms with Crippen molar-refractivity contribution in [2.75, 3.05) is 19.8 Å². The molecule has 88 valence electrons. The second-order valence-electron chi connectivity index (χ2n) is 4.51. The van der Waals surface area contributed by atoms with Crippen molar-refractivity contribution in [1.82, 2.24) is 0 Å². The lowest BCUT2D eigenvalue weighted by atomic mass is 10.1. The highest BCUT2D eigenvalue weighted by Gasteiger charge is 2.22. The molecule has 3 nitrogen and oxygen atoms in total. The zero-order chi connectivity index (χ0) is 11.3. The van der Waals surface area contributed by atoms with Gasteiger partial charge in [0.05, 0.1) is 24.6 Å². The Kier molecular flexibility index (Phi) is 4.61. The standard InChI is InChI=1S/C12H22O3/c1-5-12(3,4)15-7-6-10(2)13-8-11-9-14-11/h6,11H,5,7-9H2,1-4H3/b10-6+. The van der Waals surface area contributed by atoms with Gasteiger partial charge in [0.2, 0.25) is 0 Å². The summed E-state index contributed by atoms with van der Waals surface area (Å²) >= 11 is 0. The van der Waals surface area contributed by atoms with Gasteiger partial charge in [-0.2, -0.15) is 0 Å². The van der Waals surface area contributed by atoms with Crippen molar-refractivity contribution in [3.05, 3.63) is 11.8 Å². The Hall–Kier alpha value is -0.540. The lowest BCUT2D eigenvalue weighted by Gasteiger charge is -2.22. The van der Waals surface area contributed by atoms with Crippen LogP contribution in [0.5, 0.6) is 0 Å². The van der Waals surface area contributed by atoms with Crippen molar-refractivity contribution in [3.63, 3.8) is 0 Å². The van der Waals surface area contributed by atoms with Crippen LogP contribution in [0.2, 0.25) is 0 Å². The summed E-state index contributed by atoms with van der Waals surface area (Å²) in [6.45, 7) is 10.4. The summed E-state index contributed by atoms with van der Waals surface area (Å²) < 4.78 is 16.2. The summed E-state index contributed by atoms with van der Waals surface area (Å²) in [6.07, 6.45) is 3.30. The molecule has 1 aliphatic rings. The first-order chi connectivity index (χ1) is 7.03. The fourth-order valence-electron chi connectivity index (χ4n) is 0.934. The van der Waals surface area contributed by atoms with Crippen LogP contribution in [0.3, 0.4) is 0 Å². The molecule has 0 N–H and O–H groups in total. The second-order valence-corrected chi connectivity index (χ2v) is 4.51. The molecular weight excluding hydrogens is 192 g/mol. The third-order valence-corrected chi connectivity index (χ3v) is 2.60. The van der Waals surface area contributed by atoms with Crippen LogP contribution in [-0.4, -0.2) is 31.5 Å². The average molecular weight is 214 g/mol. The van der Waals surface area contributed by atoms with Crippen molar-refractivity contribution in [2.24, 2.45) is 0 Å². The van der Waals surface area contributed by atoms with Crippen molar-refractivity contribution < 1.29 is 14.2 Å². The fourth-order valence-corrected chi connectivity index (χ4v) is 0.934. The van der Waals surface area contributed by atoms with Gasteiger partial charge in [-0.3, -0.25) is 0 Å². The van der Waals surface area contributed by atoms with Gasteiger partial charge in [0.1, 0.15) is 12.7 Å². The molecule has 15 heavy (non-hydrogen) atoms. The highest BCUT2D eigenvalue weighted by Crippen LogP contribution is 2.14. The molecule has 3 heteroatoms. The van der Waals surface area contributed by atoms with Gasteiger partial charge in [-0.1, -0.05) is 6.92 Å². The molecule has 0 bridgehead atoms. The van der Waals surface area contributed by atoms with E-state index in [9.17, 15) is 0 Å². The van der Waals surface area contributed by atoms with E-state index >= 15 is 0 Å². The molecule has 0 aromatic carbocycles. The van der Waals surface area contributed by atoms with Crippen molar-refractivity contribution in [2.45, 2.75) is 45.8 Å². The summed E-state index contributed by atoms with van der Waals surface area (Å²) in [5.41, 5.74) is -0.0453. The van der Waals surface area contributed by atoms with Gasteiger partial charge in [0, 0.05) is 0 Å². The molecule has 0 aromatic rings. The van der Waals surface area contributed by atoms with Crippen LogP contribution in [0.15, 0.2) is 11.8 Å². The maximum Gasteiger partial charge on any atom is 0.116 e. The van der Waals surface area contributed by atoms with Gasteiger partial charge in [0.25, 0.3) is 0 Å². The van der Waals surface area contributed by atoms with Gasteiger partial charge in [0.15, 0.2) is 0 Å². The maximum absolute atomic E-state index is 5.68. The minimum Gasteiger partial charge on any atom is -0.496 e. The molecule has 0 spiro atoms. The first-order valence-electron chi connectivity index (χ1n) is 5.58. The van der Waals surface area contributed by atoms with Crippen LogP contribution in [-0.2, 0) is 14.2 Å². The molecule has 1 atom stereocenters. The van der Waals surface area contributed by atoms with E-state index in [0.717, 1.165) is 18.8 Å². The number of rotatable bonds is 7. The van der Waals surface area contributed by atoms with E-state index in [-0.39, 0.29) is 5.60 Å². The highest BCUT2D eigenvalue weighted by molar-refractivity contribution is 4.90. The molecule has 1 aliphatic heterocycles. The lowest BCUT2D eigenvalue weighted by Crippen LogP contribution is -2.23. The summed E-state index contributed by atoms with van der Waals surface area (Å²) in [4.78, 5) is 0. The molecule has 1 fully saturated rings. The van der Waals surface area contributed by atoms with Gasteiger partial charge in [-0.05, 0) is 33.3 Å². The number of hydrogen-bond acceptors (Lipinski definition) is 3. The highest BCUT2D eigenvalue weighted by atomic mass is 16.6. The predicted molar refractivity (Wildman–Crippen MR) is 59.8 cm³/mol. The van der Waals surface area contributed by atoms with Gasteiger partial charge in [-0.25, -0.2) is 0 Å². The SMILES string of the molecule is CCC(C)(C)OC/C=C(\C)OCC1CO1. The minimum absolute atomic E-state index is 0.0453. The molecule has 1 rings (SSSR count). The lowest BCUT2D eigenvalue weighted by molar-refractivity contribution is -0.00477. The van der Waals surface area contributed by atoms with Crippen LogP contribution >= 0.6 is 0 Å². The van der Waals surface area contributed by atoms with E-state index in [4.69, 9.17) is 14.2 Å². The zero-order valence-electron chi connectivity index (χ0n) is 10.2. The van der Waals surface area contributed by atoms with E-state index in [0.29, 0.717) is 19.3 Å². The van der Waals surface area contributed by atoms with E-state index in [1.54, 1.807) is 0 Å². The van der Waals surface area contributed by atoms with Crippen molar-refractivity contribution in [1.29, 1.82) is 0 Å². The summed E-state index contributed by atoms with van der Waals surface area (Å²) in [5, 5.41) is 0. The topological polar surface area (TPSA) is 31.0 Å². The minimum atomic E-state index is -0.0453. The van der Waals surface area contributed by atoms with Crippen LogP contribution in [0.4, 0.5) is 0 Å². The summed E-state index contributed by atoms with van der Waals surface area (Å²) in [5.74, 6) is 0.914. The molecule has 0 aliphatic carbocycles. The smallest absolute Gasteiger partial charge is 0.116 e. The molecule has 0 amide bonds. The molecule has 1 saturated heterocycles. The number of hydrogen-bond donors (Lipinski definition) is 0. The van der Waals surface area contributed by atoms with E-state index in [1.807, 2.05) is 13.0 Å². The predicted octanol–water partition coefficient (Wildman–Crippen LogP) is 2.51. The molecule has 1 heterocycles. The van der Waals surface area contributed by atoms with Crippen LogP contribution in [0, 0.1) is 0 Å². The van der Waals surface area contributed by atoms with Crippen LogP contribution in [0.1, 0.15) is 34.1 Å². The Morgan fingerprint density at radius 3 is 2.73 bits per heavy atom. The van der Waals surface area contributed by atoms with Crippen molar-refractivity contribution >= 4 is 0 Å². The van der Waals surface area contributed by atoms with Gasteiger partial charge in [-0.15, -0.1) is 0 Å². The Balaban J connectivity index is 2.12. The van der Waals surface area contributed by atoms with Crippen LogP contribution in [0.25, 0.3) is 0 Å². The van der Waals surface area contributed by atoms with E-state index < -0.39 is 0 Å². The van der Waals surface area contributed by atoms with Crippen molar-refractivity contribution in [3.8, 4) is 0 Å². The van der Waals surface area contributed by atoms with E-state index in [2.05, 4.69) is 20.8 Å². The maximum atomic E-state index is 5.68. The number of ether oxygens (including phenoxy) is 3. The second kappa shape index (κ2) is 5.52. The summed E-state index contributed by atoms with van der Waals surface area (Å²) in [6, 6.07) is 0. The quantitative estimate of drug-likeness (QED) is 0.482. The number of allylic oxidation sites excluding steroid dienone is 1. The largest absolute Gasteiger partial charge is 0.496 e. The fraction of sp³-hybridized carbons (Fsp3) is 0.833. The van der Waals surface area contributed by atoms with Crippen LogP contribution < -0.4 is 0 Å². The monoisotopic (exact) mass is 214 g/mol. The zero-order valence-corrected chi connectivity index (χ0v) is 10.2. The Morgan fingerprint density at radius 1 is 1.53 bits per heavy atom. The summed E-state index contributed by atoms with van der Waals surface area (Å²) in [7, 11) is 0. The average Bonchev–Trinajstić information content (AvgIpc) is 2.98. The molecule has 0 aromatic heterocycles. The Morgan fingerprint density at radius 2 is 2.20 bits per heavy atom. The molecule has 1 unspecified atom stereocenters. The number of epoxide rings is 1. The molecule has 0 saturated carbocycles. The Bertz CT molecular complexity index is 217. The molecule has 0 radical (unpaired) electrons. The van der Waals surface area contributed by atoms with Gasteiger partial charge < -0.3 is 14.2 Å². The third-order valence-electron chi connectivity index (χ3n) is 2.60. The normalized spacial score (nSPS) is 21.6. The first-order valence-corrected chi connectivity index (χ1v) is 5.58. The van der Waals surface area contributed by atoms with Gasteiger partial charge >= 0.3 is 0 Å². The third kappa shape index (κ3) is 5.80. The van der Waals surface area contributed by atoms with E-state index in [1.165, 1.54) is 0 Å². The Labute approximate surface area is 92.4 Å². The first kappa shape index (κ1) is 12.5. The molecular formula is C12H22O3.